The number of likely N-dealkylation sites (tertiary alicyclic amines) is 1. The molecule has 92 valence electrons. The molecule has 0 spiro atoms. The summed E-state index contributed by atoms with van der Waals surface area (Å²) in [6, 6.07) is 5.41. The Kier molecular flexibility index (Phi) is 5.94. The first-order valence-corrected chi connectivity index (χ1v) is 5.99. The molecule has 4 heteroatoms. The minimum atomic E-state index is 0. The van der Waals surface area contributed by atoms with E-state index in [1.54, 1.807) is 6.07 Å². The molecule has 1 aromatic carbocycles. The van der Waals surface area contributed by atoms with Gasteiger partial charge >= 0.3 is 18.9 Å². The fraction of sp³-hybridized carbons (Fsp3) is 0.500. The van der Waals surface area contributed by atoms with E-state index in [2.05, 4.69) is 11.9 Å². The second kappa shape index (κ2) is 6.99. The molecule has 0 aliphatic carbocycles. The maximum Gasteiger partial charge on any atom is 1.00 e. The van der Waals surface area contributed by atoms with Gasteiger partial charge in [-0.15, -0.1) is 0 Å². The smallest absolute Gasteiger partial charge is 0.495 e. The molecular weight excluding hydrogens is 221 g/mol. The van der Waals surface area contributed by atoms with Crippen molar-refractivity contribution >= 4 is 6.29 Å². The molecule has 1 heterocycles. The maximum atomic E-state index is 10.5. The molecule has 2 rings (SSSR count). The number of carbonyl (C=O) groups excluding carboxylic acids is 1. The summed E-state index contributed by atoms with van der Waals surface area (Å²) in [6.07, 6.45) is 3.09. The molecule has 1 aromatic rings. The molecule has 0 N–H and O–H groups in total. The SMILES string of the molecule is Cc1cc([C-]=O)ccc1OCC1CCN(C)C1.[Li+]. The number of hydrogen-bond donors (Lipinski definition) is 0. The van der Waals surface area contributed by atoms with E-state index in [0.29, 0.717) is 11.5 Å². The molecule has 0 amide bonds. The van der Waals surface area contributed by atoms with Gasteiger partial charge in [0.05, 0.1) is 18.6 Å². The Morgan fingerprint density at radius 1 is 1.50 bits per heavy atom. The van der Waals surface area contributed by atoms with E-state index in [9.17, 15) is 4.79 Å². The van der Waals surface area contributed by atoms with Crippen LogP contribution < -0.4 is 23.6 Å². The Bertz CT molecular complexity index is 409. The summed E-state index contributed by atoms with van der Waals surface area (Å²) in [5, 5.41) is 0. The second-order valence-electron chi connectivity index (χ2n) is 4.81. The van der Waals surface area contributed by atoms with Gasteiger partial charge in [0.2, 0.25) is 0 Å². The zero-order valence-electron chi connectivity index (χ0n) is 11.4. The third-order valence-corrected chi connectivity index (χ3v) is 3.26. The van der Waals surface area contributed by atoms with Crippen LogP contribution in [0.15, 0.2) is 18.2 Å². The summed E-state index contributed by atoms with van der Waals surface area (Å²) < 4.78 is 5.81. The van der Waals surface area contributed by atoms with Gasteiger partial charge in [0.15, 0.2) is 0 Å². The monoisotopic (exact) mass is 239 g/mol. The van der Waals surface area contributed by atoms with Crippen molar-refractivity contribution in [1.82, 2.24) is 4.90 Å². The van der Waals surface area contributed by atoms with E-state index in [1.165, 1.54) is 6.42 Å². The van der Waals surface area contributed by atoms with Crippen LogP contribution in [-0.2, 0) is 4.79 Å². The standard InChI is InChI=1S/C14H18NO2.Li/c1-11-7-12(9-16)3-4-14(11)17-10-13-5-6-15(2)8-13;/h3-4,7,13H,5-6,8,10H2,1-2H3;/q-1;+1. The largest absolute Gasteiger partial charge is 1.00 e. The second-order valence-corrected chi connectivity index (χ2v) is 4.81. The van der Waals surface area contributed by atoms with Crippen LogP contribution in [0.4, 0.5) is 0 Å². The number of nitrogens with zero attached hydrogens (tertiary/aromatic N) is 1. The van der Waals surface area contributed by atoms with Crippen molar-refractivity contribution in [2.24, 2.45) is 5.92 Å². The normalized spacial score (nSPS) is 19.3. The van der Waals surface area contributed by atoms with E-state index < -0.39 is 0 Å². The zero-order chi connectivity index (χ0) is 12.3. The van der Waals surface area contributed by atoms with Crippen molar-refractivity contribution in [2.75, 3.05) is 26.7 Å². The predicted octanol–water partition coefficient (Wildman–Crippen LogP) is -1.21. The predicted molar refractivity (Wildman–Crippen MR) is 67.1 cm³/mol. The van der Waals surface area contributed by atoms with Gasteiger partial charge in [0.25, 0.3) is 0 Å². The topological polar surface area (TPSA) is 29.5 Å². The van der Waals surface area contributed by atoms with Crippen LogP contribution in [0.3, 0.4) is 0 Å². The van der Waals surface area contributed by atoms with Gasteiger partial charge in [0.1, 0.15) is 0 Å². The van der Waals surface area contributed by atoms with Crippen molar-refractivity contribution in [1.29, 1.82) is 0 Å². The van der Waals surface area contributed by atoms with Crippen LogP contribution in [0.2, 0.25) is 0 Å². The summed E-state index contributed by atoms with van der Waals surface area (Å²) in [5.41, 5.74) is 1.58. The Hall–Kier alpha value is -0.753. The average molecular weight is 239 g/mol. The van der Waals surface area contributed by atoms with Gasteiger partial charge in [-0.2, -0.15) is 17.7 Å². The number of benzene rings is 1. The molecule has 0 bridgehead atoms. The summed E-state index contributed by atoms with van der Waals surface area (Å²) in [6.45, 7) is 4.98. The maximum absolute atomic E-state index is 10.5. The molecule has 0 aromatic heterocycles. The molecule has 1 fully saturated rings. The molecule has 1 aliphatic heterocycles. The van der Waals surface area contributed by atoms with Crippen LogP contribution in [0.5, 0.6) is 5.75 Å². The first-order chi connectivity index (χ1) is 8.19. The van der Waals surface area contributed by atoms with Gasteiger partial charge in [-0.1, -0.05) is 11.6 Å². The average Bonchev–Trinajstić information content (AvgIpc) is 2.73. The number of rotatable bonds is 4. The van der Waals surface area contributed by atoms with Crippen LogP contribution in [-0.4, -0.2) is 37.9 Å². The van der Waals surface area contributed by atoms with Crippen molar-refractivity contribution in [3.8, 4) is 5.75 Å². The summed E-state index contributed by atoms with van der Waals surface area (Å²) in [7, 11) is 2.14. The quantitative estimate of drug-likeness (QED) is 0.487. The van der Waals surface area contributed by atoms with Gasteiger partial charge in [-0.3, -0.25) is 0 Å². The van der Waals surface area contributed by atoms with Gasteiger partial charge < -0.3 is 14.4 Å². The molecule has 0 radical (unpaired) electrons. The van der Waals surface area contributed by atoms with Crippen molar-refractivity contribution in [3.63, 3.8) is 0 Å². The fourth-order valence-electron chi connectivity index (χ4n) is 2.24. The van der Waals surface area contributed by atoms with Crippen LogP contribution >= 0.6 is 0 Å². The van der Waals surface area contributed by atoms with E-state index in [-0.39, 0.29) is 18.9 Å². The molecule has 1 aliphatic rings. The number of ether oxygens (including phenoxy) is 1. The van der Waals surface area contributed by atoms with Gasteiger partial charge in [0, 0.05) is 12.5 Å². The van der Waals surface area contributed by atoms with Crippen molar-refractivity contribution < 1.29 is 28.4 Å². The molecule has 18 heavy (non-hydrogen) atoms. The molecule has 1 atom stereocenters. The van der Waals surface area contributed by atoms with Crippen LogP contribution in [0, 0.1) is 12.8 Å². The number of hydrogen-bond acceptors (Lipinski definition) is 3. The first kappa shape index (κ1) is 15.3. The van der Waals surface area contributed by atoms with Crippen LogP contribution in [0.25, 0.3) is 0 Å². The molecule has 1 unspecified atom stereocenters. The first-order valence-electron chi connectivity index (χ1n) is 5.99. The molecule has 0 saturated carbocycles. The van der Waals surface area contributed by atoms with Crippen LogP contribution in [0.1, 0.15) is 17.5 Å². The van der Waals surface area contributed by atoms with Crippen molar-refractivity contribution in [3.05, 3.63) is 29.3 Å². The van der Waals surface area contributed by atoms with E-state index in [4.69, 9.17) is 4.74 Å². The van der Waals surface area contributed by atoms with Crippen molar-refractivity contribution in [2.45, 2.75) is 13.3 Å². The minimum absolute atomic E-state index is 0. The Morgan fingerprint density at radius 2 is 2.28 bits per heavy atom. The van der Waals surface area contributed by atoms with E-state index >= 15 is 0 Å². The van der Waals surface area contributed by atoms with E-state index in [1.807, 2.05) is 25.3 Å². The molecular formula is C14H18LiNO2. The molecule has 1 saturated heterocycles. The van der Waals surface area contributed by atoms with E-state index in [0.717, 1.165) is 31.0 Å². The number of aryl methyl sites for hydroxylation is 1. The summed E-state index contributed by atoms with van der Waals surface area (Å²) in [5.74, 6) is 1.50. The minimum Gasteiger partial charge on any atom is -0.495 e. The fourth-order valence-corrected chi connectivity index (χ4v) is 2.24. The van der Waals surface area contributed by atoms with Gasteiger partial charge in [-0.05, 0) is 26.9 Å². The Morgan fingerprint density at radius 3 is 2.83 bits per heavy atom. The third kappa shape index (κ3) is 3.88. The third-order valence-electron chi connectivity index (χ3n) is 3.26. The summed E-state index contributed by atoms with van der Waals surface area (Å²) >= 11 is 0. The molecule has 3 nitrogen and oxygen atoms in total. The Labute approximate surface area is 121 Å². The van der Waals surface area contributed by atoms with Gasteiger partial charge in [-0.25, -0.2) is 0 Å². The zero-order valence-corrected chi connectivity index (χ0v) is 11.4. The summed E-state index contributed by atoms with van der Waals surface area (Å²) in [4.78, 5) is 12.8. The Balaban J connectivity index is 0.00000162.